The molecule has 1 aromatic carbocycles. The number of para-hydroxylation sites is 1. The number of aryl methyl sites for hydroxylation is 1. The minimum atomic E-state index is -0.0514. The molecule has 0 aliphatic carbocycles. The predicted molar refractivity (Wildman–Crippen MR) is 94.6 cm³/mol. The second kappa shape index (κ2) is 9.15. The van der Waals surface area contributed by atoms with E-state index in [1.54, 1.807) is 0 Å². The van der Waals surface area contributed by atoms with Gasteiger partial charge in [0.25, 0.3) is 0 Å². The number of carbonyl (C=O) groups is 1. The molecule has 1 N–H and O–H groups in total. The summed E-state index contributed by atoms with van der Waals surface area (Å²) in [5, 5.41) is 12.1. The van der Waals surface area contributed by atoms with Gasteiger partial charge in [-0.2, -0.15) is 0 Å². The van der Waals surface area contributed by atoms with Gasteiger partial charge in [0, 0.05) is 18.7 Å². The molecule has 0 aliphatic rings. The first-order valence-electron chi connectivity index (χ1n) is 7.75. The molecule has 0 atom stereocenters. The Kier molecular flexibility index (Phi) is 6.87. The summed E-state index contributed by atoms with van der Waals surface area (Å²) >= 11 is 1.40. The number of unbranched alkanes of at least 4 members (excludes halogenated alkanes) is 1. The highest BCUT2D eigenvalue weighted by molar-refractivity contribution is 7.99. The van der Waals surface area contributed by atoms with Gasteiger partial charge in [0.1, 0.15) is 5.82 Å². The summed E-state index contributed by atoms with van der Waals surface area (Å²) in [6.45, 7) is 6.60. The third-order valence-electron chi connectivity index (χ3n) is 3.25. The van der Waals surface area contributed by atoms with E-state index >= 15 is 0 Å². The smallest absolute Gasteiger partial charge is 0.234 e. The van der Waals surface area contributed by atoms with E-state index in [-0.39, 0.29) is 5.91 Å². The Morgan fingerprint density at radius 3 is 2.83 bits per heavy atom. The highest BCUT2D eigenvalue weighted by atomic mass is 32.2. The molecule has 2 aromatic rings. The molecule has 1 aromatic heterocycles. The zero-order valence-corrected chi connectivity index (χ0v) is 14.2. The van der Waals surface area contributed by atoms with E-state index in [0.29, 0.717) is 12.3 Å². The Hall–Kier alpha value is -2.08. The van der Waals surface area contributed by atoms with E-state index < -0.39 is 0 Å². The zero-order chi connectivity index (χ0) is 16.5. The maximum absolute atomic E-state index is 12.0. The van der Waals surface area contributed by atoms with E-state index in [9.17, 15) is 4.79 Å². The number of thioether (sulfide) groups is 1. The lowest BCUT2D eigenvalue weighted by molar-refractivity contribution is -0.113. The number of anilines is 1. The summed E-state index contributed by atoms with van der Waals surface area (Å²) in [6.07, 6.45) is 4.92. The molecule has 0 fully saturated rings. The number of benzene rings is 1. The lowest BCUT2D eigenvalue weighted by atomic mass is 10.2. The van der Waals surface area contributed by atoms with Crippen molar-refractivity contribution in [2.24, 2.45) is 0 Å². The van der Waals surface area contributed by atoms with Crippen molar-refractivity contribution in [3.05, 3.63) is 48.8 Å². The third-order valence-corrected chi connectivity index (χ3v) is 4.22. The van der Waals surface area contributed by atoms with Gasteiger partial charge in [-0.1, -0.05) is 49.4 Å². The summed E-state index contributed by atoms with van der Waals surface area (Å²) in [4.78, 5) is 12.0. The van der Waals surface area contributed by atoms with Gasteiger partial charge in [0.2, 0.25) is 5.91 Å². The van der Waals surface area contributed by atoms with Crippen molar-refractivity contribution in [2.45, 2.75) is 37.9 Å². The molecular formula is C17H22N4OS. The number of hydrogen-bond acceptors (Lipinski definition) is 4. The number of rotatable bonds is 9. The minimum absolute atomic E-state index is 0.0514. The van der Waals surface area contributed by atoms with Crippen molar-refractivity contribution in [1.82, 2.24) is 14.8 Å². The van der Waals surface area contributed by atoms with Crippen molar-refractivity contribution >= 4 is 23.4 Å². The van der Waals surface area contributed by atoms with Gasteiger partial charge in [-0.15, -0.1) is 16.8 Å². The second-order valence-corrected chi connectivity index (χ2v) is 6.05. The molecule has 0 unspecified atom stereocenters. The monoisotopic (exact) mass is 330 g/mol. The Labute approximate surface area is 141 Å². The van der Waals surface area contributed by atoms with E-state index in [1.807, 2.05) is 41.0 Å². The molecule has 0 spiro atoms. The molecule has 0 saturated heterocycles. The van der Waals surface area contributed by atoms with E-state index in [0.717, 1.165) is 35.9 Å². The van der Waals surface area contributed by atoms with Crippen LogP contribution in [-0.4, -0.2) is 26.4 Å². The summed E-state index contributed by atoms with van der Waals surface area (Å²) < 4.78 is 2.03. The van der Waals surface area contributed by atoms with E-state index in [2.05, 4.69) is 29.0 Å². The molecule has 6 heteroatoms. The molecule has 122 valence electrons. The molecule has 23 heavy (non-hydrogen) atoms. The number of amides is 1. The normalized spacial score (nSPS) is 10.5. The summed E-state index contributed by atoms with van der Waals surface area (Å²) in [7, 11) is 0. The van der Waals surface area contributed by atoms with Crippen LogP contribution in [0, 0.1) is 0 Å². The van der Waals surface area contributed by atoms with Crippen molar-refractivity contribution in [3.63, 3.8) is 0 Å². The van der Waals surface area contributed by atoms with Gasteiger partial charge < -0.3 is 9.88 Å². The van der Waals surface area contributed by atoms with Crippen molar-refractivity contribution in [3.8, 4) is 0 Å². The fraction of sp³-hybridized carbons (Fsp3) is 0.353. The van der Waals surface area contributed by atoms with Crippen LogP contribution in [0.2, 0.25) is 0 Å². The maximum atomic E-state index is 12.0. The number of nitrogens with zero attached hydrogens (tertiary/aromatic N) is 3. The fourth-order valence-electron chi connectivity index (χ4n) is 2.11. The van der Waals surface area contributed by atoms with Crippen molar-refractivity contribution < 1.29 is 4.79 Å². The predicted octanol–water partition coefficient (Wildman–Crippen LogP) is 3.54. The molecular weight excluding hydrogens is 308 g/mol. The molecule has 1 amide bonds. The highest BCUT2D eigenvalue weighted by Crippen LogP contribution is 2.19. The molecule has 0 saturated carbocycles. The lowest BCUT2D eigenvalue weighted by Crippen LogP contribution is -2.14. The number of hydrogen-bond donors (Lipinski definition) is 1. The number of carbonyl (C=O) groups excluding carboxylic acids is 1. The number of nitrogens with one attached hydrogen (secondary N) is 1. The molecule has 0 bridgehead atoms. The van der Waals surface area contributed by atoms with Gasteiger partial charge in [-0.05, 0) is 18.6 Å². The Morgan fingerprint density at radius 2 is 2.13 bits per heavy atom. The van der Waals surface area contributed by atoms with Gasteiger partial charge >= 0.3 is 0 Å². The Morgan fingerprint density at radius 1 is 1.35 bits per heavy atom. The zero-order valence-electron chi connectivity index (χ0n) is 13.4. The van der Waals surface area contributed by atoms with Crippen LogP contribution < -0.4 is 5.32 Å². The molecule has 0 aliphatic heterocycles. The SMILES string of the molecule is C=CCn1c(CCCC)nnc1SCC(=O)Nc1ccccc1. The summed E-state index contributed by atoms with van der Waals surface area (Å²) in [5.41, 5.74) is 0.800. The molecule has 2 rings (SSSR count). The third kappa shape index (κ3) is 5.25. The Balaban J connectivity index is 1.95. The van der Waals surface area contributed by atoms with Gasteiger partial charge in [0.05, 0.1) is 5.75 Å². The lowest BCUT2D eigenvalue weighted by Gasteiger charge is -2.08. The standard InChI is InChI=1S/C17H22N4OS/c1-3-5-11-15-19-20-17(21(15)12-4-2)23-13-16(22)18-14-9-7-6-8-10-14/h4,6-10H,2-3,5,11-13H2,1H3,(H,18,22). The first-order valence-corrected chi connectivity index (χ1v) is 8.73. The van der Waals surface area contributed by atoms with Crippen LogP contribution >= 0.6 is 11.8 Å². The van der Waals surface area contributed by atoms with Crippen LogP contribution in [0.5, 0.6) is 0 Å². The van der Waals surface area contributed by atoms with Crippen LogP contribution in [-0.2, 0) is 17.8 Å². The van der Waals surface area contributed by atoms with Crippen molar-refractivity contribution in [2.75, 3.05) is 11.1 Å². The molecule has 0 radical (unpaired) electrons. The number of allylic oxidation sites excluding steroid dienone is 1. The summed E-state index contributed by atoms with van der Waals surface area (Å²) in [5.74, 6) is 1.21. The summed E-state index contributed by atoms with van der Waals surface area (Å²) in [6, 6.07) is 9.43. The molecule has 1 heterocycles. The first-order chi connectivity index (χ1) is 11.2. The maximum Gasteiger partial charge on any atom is 0.234 e. The van der Waals surface area contributed by atoms with E-state index in [4.69, 9.17) is 0 Å². The van der Waals surface area contributed by atoms with Crippen LogP contribution in [0.3, 0.4) is 0 Å². The van der Waals surface area contributed by atoms with Crippen LogP contribution in [0.15, 0.2) is 48.1 Å². The average Bonchev–Trinajstić information content (AvgIpc) is 2.94. The second-order valence-electron chi connectivity index (χ2n) is 5.10. The van der Waals surface area contributed by atoms with Gasteiger partial charge in [0.15, 0.2) is 5.16 Å². The minimum Gasteiger partial charge on any atom is -0.325 e. The topological polar surface area (TPSA) is 59.8 Å². The van der Waals surface area contributed by atoms with Gasteiger partial charge in [-0.25, -0.2) is 0 Å². The Bertz CT molecular complexity index is 639. The van der Waals surface area contributed by atoms with E-state index in [1.165, 1.54) is 11.8 Å². The van der Waals surface area contributed by atoms with Crippen LogP contribution in [0.25, 0.3) is 0 Å². The fourth-order valence-corrected chi connectivity index (χ4v) is 2.87. The first kappa shape index (κ1) is 17.3. The number of aromatic nitrogens is 3. The van der Waals surface area contributed by atoms with Crippen LogP contribution in [0.4, 0.5) is 5.69 Å². The average molecular weight is 330 g/mol. The molecule has 5 nitrogen and oxygen atoms in total. The van der Waals surface area contributed by atoms with Crippen molar-refractivity contribution in [1.29, 1.82) is 0 Å². The van der Waals surface area contributed by atoms with Gasteiger partial charge in [-0.3, -0.25) is 4.79 Å². The quantitative estimate of drug-likeness (QED) is 0.564. The largest absolute Gasteiger partial charge is 0.325 e. The van der Waals surface area contributed by atoms with Crippen LogP contribution in [0.1, 0.15) is 25.6 Å². The highest BCUT2D eigenvalue weighted by Gasteiger charge is 2.13.